The molecule has 1 N–H and O–H groups in total. The topological polar surface area (TPSA) is 46.5 Å². The van der Waals surface area contributed by atoms with E-state index in [-0.39, 0.29) is 5.04 Å². The monoisotopic (exact) mass is 298 g/mol. The van der Waals surface area contributed by atoms with Gasteiger partial charge >= 0.3 is 5.97 Å². The normalized spacial score (nSPS) is 25.6. The summed E-state index contributed by atoms with van der Waals surface area (Å²) in [6.45, 7) is 13.1. The third-order valence-corrected chi connectivity index (χ3v) is 9.34. The summed E-state index contributed by atoms with van der Waals surface area (Å²) in [7, 11) is -1.67. The van der Waals surface area contributed by atoms with Gasteiger partial charge in [0.25, 0.3) is 0 Å². The Bertz CT molecular complexity index is 372. The van der Waals surface area contributed by atoms with E-state index in [1.807, 2.05) is 6.08 Å². The molecule has 0 aromatic carbocycles. The second-order valence-corrected chi connectivity index (χ2v) is 12.3. The van der Waals surface area contributed by atoms with E-state index in [1.54, 1.807) is 6.92 Å². The quantitative estimate of drug-likeness (QED) is 0.609. The number of allylic oxidation sites excluding steroid dienone is 1. The predicted molar refractivity (Wildman–Crippen MR) is 85.4 cm³/mol. The molecule has 0 heterocycles. The molecule has 3 nitrogen and oxygen atoms in total. The highest BCUT2D eigenvalue weighted by Crippen LogP contribution is 2.39. The molecule has 116 valence electrons. The largest absolute Gasteiger partial charge is 0.478 e. The zero-order valence-electron chi connectivity index (χ0n) is 13.8. The van der Waals surface area contributed by atoms with Gasteiger partial charge in [-0.25, -0.2) is 4.79 Å². The van der Waals surface area contributed by atoms with Crippen LogP contribution in [-0.2, 0) is 9.22 Å². The highest BCUT2D eigenvalue weighted by Gasteiger charge is 2.39. The van der Waals surface area contributed by atoms with Crippen LogP contribution in [0.2, 0.25) is 18.1 Å². The molecule has 1 fully saturated rings. The van der Waals surface area contributed by atoms with Gasteiger partial charge < -0.3 is 9.53 Å². The van der Waals surface area contributed by atoms with Crippen LogP contribution in [0.1, 0.15) is 53.4 Å². The summed E-state index contributed by atoms with van der Waals surface area (Å²) in [5, 5.41) is 9.17. The minimum Gasteiger partial charge on any atom is -0.478 e. The molecular weight excluding hydrogens is 268 g/mol. The summed E-state index contributed by atoms with van der Waals surface area (Å²) in [6, 6.07) is 0. The molecule has 0 aromatic heterocycles. The van der Waals surface area contributed by atoms with Gasteiger partial charge in [-0.3, -0.25) is 0 Å². The van der Waals surface area contributed by atoms with Crippen LogP contribution in [0, 0.1) is 5.92 Å². The fourth-order valence-corrected chi connectivity index (χ4v) is 3.81. The van der Waals surface area contributed by atoms with Gasteiger partial charge in [-0.2, -0.15) is 0 Å². The van der Waals surface area contributed by atoms with Gasteiger partial charge in [-0.1, -0.05) is 26.8 Å². The molecule has 0 atom stereocenters. The summed E-state index contributed by atoms with van der Waals surface area (Å²) in [4.78, 5) is 10.8. The second kappa shape index (κ2) is 6.44. The van der Waals surface area contributed by atoms with E-state index in [4.69, 9.17) is 9.53 Å². The molecule has 1 aliphatic carbocycles. The van der Waals surface area contributed by atoms with Crippen LogP contribution >= 0.6 is 0 Å². The molecule has 0 amide bonds. The number of carbonyl (C=O) groups is 1. The maximum Gasteiger partial charge on any atom is 0.330 e. The van der Waals surface area contributed by atoms with Crippen LogP contribution < -0.4 is 0 Å². The van der Waals surface area contributed by atoms with Gasteiger partial charge in [0, 0.05) is 11.7 Å². The number of carboxylic acid groups (broad SMARTS) is 1. The van der Waals surface area contributed by atoms with Gasteiger partial charge in [0.1, 0.15) is 0 Å². The highest BCUT2D eigenvalue weighted by molar-refractivity contribution is 6.74. The van der Waals surface area contributed by atoms with Crippen molar-refractivity contribution in [3.8, 4) is 0 Å². The maximum absolute atomic E-state index is 10.8. The van der Waals surface area contributed by atoms with Crippen molar-refractivity contribution in [1.82, 2.24) is 0 Å². The first-order valence-electron chi connectivity index (χ1n) is 7.62. The Morgan fingerprint density at radius 1 is 1.20 bits per heavy atom. The molecule has 0 unspecified atom stereocenters. The van der Waals surface area contributed by atoms with E-state index in [1.165, 1.54) is 0 Å². The average molecular weight is 298 g/mol. The molecule has 1 aliphatic rings. The molecule has 20 heavy (non-hydrogen) atoms. The highest BCUT2D eigenvalue weighted by atomic mass is 28.4. The fourth-order valence-electron chi connectivity index (χ4n) is 2.39. The molecule has 0 saturated heterocycles. The summed E-state index contributed by atoms with van der Waals surface area (Å²) < 4.78 is 6.45. The molecule has 0 aliphatic heterocycles. The third kappa shape index (κ3) is 4.74. The lowest BCUT2D eigenvalue weighted by Gasteiger charge is -2.41. The Hall–Kier alpha value is -0.613. The Labute approximate surface area is 124 Å². The first kappa shape index (κ1) is 17.4. The van der Waals surface area contributed by atoms with E-state index in [0.717, 1.165) is 25.7 Å². The summed E-state index contributed by atoms with van der Waals surface area (Å²) in [5.74, 6) is -0.394. The first-order chi connectivity index (χ1) is 9.03. The minimum atomic E-state index is -1.67. The van der Waals surface area contributed by atoms with Crippen molar-refractivity contribution >= 4 is 14.3 Å². The van der Waals surface area contributed by atoms with Crippen LogP contribution in [0.5, 0.6) is 0 Å². The summed E-state index contributed by atoms with van der Waals surface area (Å²) >= 11 is 0. The Balaban J connectivity index is 2.51. The first-order valence-corrected chi connectivity index (χ1v) is 10.5. The van der Waals surface area contributed by atoms with Crippen LogP contribution in [0.25, 0.3) is 0 Å². The number of aliphatic carboxylic acids is 1. The van der Waals surface area contributed by atoms with Crippen molar-refractivity contribution < 1.29 is 14.3 Å². The number of rotatable bonds is 4. The van der Waals surface area contributed by atoms with Crippen LogP contribution in [0.15, 0.2) is 11.6 Å². The predicted octanol–water partition coefficient (Wildman–Crippen LogP) is 4.60. The van der Waals surface area contributed by atoms with Gasteiger partial charge in [0.2, 0.25) is 0 Å². The van der Waals surface area contributed by atoms with Gasteiger partial charge in [-0.15, -0.1) is 0 Å². The SMILES string of the molecule is CC(=C[C@H]1CC[C@H](O[Si](C)(C)C(C)(C)C)CC1)C(=O)O. The molecule has 0 aromatic rings. The molecule has 0 spiro atoms. The smallest absolute Gasteiger partial charge is 0.330 e. The number of hydrogen-bond donors (Lipinski definition) is 1. The lowest BCUT2D eigenvalue weighted by Crippen LogP contribution is -2.44. The average Bonchev–Trinajstić information content (AvgIpc) is 2.29. The van der Waals surface area contributed by atoms with Gasteiger partial charge in [0.05, 0.1) is 0 Å². The van der Waals surface area contributed by atoms with E-state index in [2.05, 4.69) is 33.9 Å². The molecule has 0 radical (unpaired) electrons. The number of carboxylic acids is 1. The van der Waals surface area contributed by atoms with E-state index < -0.39 is 14.3 Å². The molecule has 1 rings (SSSR count). The Kier molecular flexibility index (Phi) is 5.61. The van der Waals surface area contributed by atoms with Crippen molar-refractivity contribution in [2.75, 3.05) is 0 Å². The summed E-state index contributed by atoms with van der Waals surface area (Å²) in [6.07, 6.45) is 6.49. The van der Waals surface area contributed by atoms with Crippen molar-refractivity contribution in [3.63, 3.8) is 0 Å². The number of hydrogen-bond acceptors (Lipinski definition) is 2. The fraction of sp³-hybridized carbons (Fsp3) is 0.812. The van der Waals surface area contributed by atoms with Crippen molar-refractivity contribution in [2.45, 2.75) is 77.6 Å². The van der Waals surface area contributed by atoms with E-state index in [9.17, 15) is 4.79 Å². The second-order valence-electron chi connectivity index (χ2n) is 7.57. The van der Waals surface area contributed by atoms with E-state index in [0.29, 0.717) is 17.6 Å². The molecule has 1 saturated carbocycles. The van der Waals surface area contributed by atoms with Crippen molar-refractivity contribution in [3.05, 3.63) is 11.6 Å². The maximum atomic E-state index is 10.8. The minimum absolute atomic E-state index is 0.254. The standard InChI is InChI=1S/C16H30O3Si/c1-12(15(17)18)11-13-7-9-14(10-8-13)19-20(5,6)16(2,3)4/h11,13-14H,7-10H2,1-6H3,(H,17,18)/t13-,14-. The van der Waals surface area contributed by atoms with Crippen molar-refractivity contribution in [1.29, 1.82) is 0 Å². The zero-order valence-corrected chi connectivity index (χ0v) is 14.8. The van der Waals surface area contributed by atoms with Crippen LogP contribution in [-0.4, -0.2) is 25.5 Å². The Morgan fingerprint density at radius 2 is 1.70 bits per heavy atom. The summed E-state index contributed by atoms with van der Waals surface area (Å²) in [5.41, 5.74) is 0.471. The Morgan fingerprint density at radius 3 is 2.10 bits per heavy atom. The van der Waals surface area contributed by atoms with Crippen molar-refractivity contribution in [2.24, 2.45) is 5.92 Å². The molecule has 0 bridgehead atoms. The van der Waals surface area contributed by atoms with Crippen LogP contribution in [0.4, 0.5) is 0 Å². The zero-order chi connectivity index (χ0) is 15.6. The van der Waals surface area contributed by atoms with Gasteiger partial charge in [0.15, 0.2) is 8.32 Å². The van der Waals surface area contributed by atoms with E-state index >= 15 is 0 Å². The molecule has 4 heteroatoms. The molecular formula is C16H30O3Si. The van der Waals surface area contributed by atoms with Crippen LogP contribution in [0.3, 0.4) is 0 Å². The van der Waals surface area contributed by atoms with Gasteiger partial charge in [-0.05, 0) is 56.7 Å². The lowest BCUT2D eigenvalue weighted by atomic mass is 9.86. The third-order valence-electron chi connectivity index (χ3n) is 4.81. The lowest BCUT2D eigenvalue weighted by molar-refractivity contribution is -0.132.